The van der Waals surface area contributed by atoms with E-state index in [-0.39, 0.29) is 18.9 Å². The molecule has 0 aliphatic rings. The third-order valence-electron chi connectivity index (χ3n) is 5.82. The van der Waals surface area contributed by atoms with E-state index in [1.54, 1.807) is 54.6 Å². The maximum atomic E-state index is 13.9. The molecule has 0 fully saturated rings. The van der Waals surface area contributed by atoms with E-state index in [0.29, 0.717) is 16.3 Å². The summed E-state index contributed by atoms with van der Waals surface area (Å²) in [4.78, 5) is 28.5. The number of carbonyl (C=O) groups is 2. The maximum absolute atomic E-state index is 13.9. The van der Waals surface area contributed by atoms with Crippen molar-refractivity contribution in [2.45, 2.75) is 19.0 Å². The lowest BCUT2D eigenvalue weighted by molar-refractivity contribution is -0.139. The van der Waals surface area contributed by atoms with Gasteiger partial charge in [-0.1, -0.05) is 72.3 Å². The number of nitrogens with one attached hydrogen (secondary N) is 1. The van der Waals surface area contributed by atoms with Crippen molar-refractivity contribution in [3.05, 3.63) is 101 Å². The van der Waals surface area contributed by atoms with Crippen molar-refractivity contribution >= 4 is 39.3 Å². The lowest BCUT2D eigenvalue weighted by atomic mass is 10.0. The van der Waals surface area contributed by atoms with Gasteiger partial charge in [0.1, 0.15) is 12.6 Å². The first-order valence-corrected chi connectivity index (χ1v) is 13.5. The fraction of sp³-hybridized carbons (Fsp3) is 0.259. The molecule has 0 saturated heterocycles. The predicted octanol–water partition coefficient (Wildman–Crippen LogP) is 3.34. The molecule has 1 atom stereocenters. The van der Waals surface area contributed by atoms with Crippen LogP contribution in [0.5, 0.6) is 0 Å². The smallest absolute Gasteiger partial charge is 0.304 e. The highest BCUT2D eigenvalue weighted by Crippen LogP contribution is 2.22. The summed E-state index contributed by atoms with van der Waals surface area (Å²) >= 11 is 6.19. The van der Waals surface area contributed by atoms with Crippen molar-refractivity contribution in [2.75, 3.05) is 32.0 Å². The number of benzene rings is 3. The standard InChI is InChI=1S/C27H31ClN4O4S/c1-29-27(34)25(18-21-11-6-4-7-12-21)31(19-22-13-10-14-23(28)17-22)26(33)20-32(37(35,36)30(2)3)24-15-8-5-9-16-24/h4-17,25H,18-20H2,1-3H3,(H,29,34). The van der Waals surface area contributed by atoms with Crippen LogP contribution < -0.4 is 9.62 Å². The Kier molecular flexibility index (Phi) is 9.68. The van der Waals surface area contributed by atoms with Gasteiger partial charge in [-0.2, -0.15) is 12.7 Å². The number of likely N-dealkylation sites (N-methyl/N-ethyl adjacent to an activating group) is 1. The Balaban J connectivity index is 2.05. The van der Waals surface area contributed by atoms with Crippen LogP contribution in [0.1, 0.15) is 11.1 Å². The van der Waals surface area contributed by atoms with Crippen molar-refractivity contribution in [1.29, 1.82) is 0 Å². The lowest BCUT2D eigenvalue weighted by Crippen LogP contribution is -2.53. The van der Waals surface area contributed by atoms with Gasteiger partial charge in [-0.3, -0.25) is 9.59 Å². The van der Waals surface area contributed by atoms with Gasteiger partial charge in [-0.05, 0) is 35.4 Å². The van der Waals surface area contributed by atoms with Crippen molar-refractivity contribution < 1.29 is 18.0 Å². The van der Waals surface area contributed by atoms with E-state index in [0.717, 1.165) is 14.2 Å². The topological polar surface area (TPSA) is 90.0 Å². The summed E-state index contributed by atoms with van der Waals surface area (Å²) in [6.45, 7) is -0.428. The van der Waals surface area contributed by atoms with Gasteiger partial charge in [0.25, 0.3) is 0 Å². The van der Waals surface area contributed by atoms with E-state index in [1.165, 1.54) is 26.0 Å². The van der Waals surface area contributed by atoms with Gasteiger partial charge < -0.3 is 10.2 Å². The first-order chi connectivity index (χ1) is 17.6. The summed E-state index contributed by atoms with van der Waals surface area (Å²) in [5.74, 6) is -0.889. The number of anilines is 1. The minimum atomic E-state index is -4.01. The molecule has 0 aliphatic heterocycles. The van der Waals surface area contributed by atoms with Gasteiger partial charge in [0, 0.05) is 39.1 Å². The Labute approximate surface area is 223 Å². The molecule has 0 bridgehead atoms. The summed E-state index contributed by atoms with van der Waals surface area (Å²) in [7, 11) is 0.306. The molecule has 3 aromatic rings. The fourth-order valence-electron chi connectivity index (χ4n) is 3.86. The van der Waals surface area contributed by atoms with Crippen LogP contribution in [0.15, 0.2) is 84.9 Å². The SMILES string of the molecule is CNC(=O)C(Cc1ccccc1)N(Cc1cccc(Cl)c1)C(=O)CN(c1ccccc1)S(=O)(=O)N(C)C. The van der Waals surface area contributed by atoms with E-state index in [1.807, 2.05) is 30.3 Å². The molecule has 3 aromatic carbocycles. The number of hydrogen-bond acceptors (Lipinski definition) is 4. The number of amides is 2. The third-order valence-corrected chi connectivity index (χ3v) is 7.88. The van der Waals surface area contributed by atoms with Crippen LogP contribution in [0.2, 0.25) is 5.02 Å². The highest BCUT2D eigenvalue weighted by atomic mass is 35.5. The Morgan fingerprint density at radius 3 is 2.05 bits per heavy atom. The van der Waals surface area contributed by atoms with Crippen LogP contribution in [-0.4, -0.2) is 63.2 Å². The minimum Gasteiger partial charge on any atom is -0.357 e. The van der Waals surface area contributed by atoms with Crippen LogP contribution in [-0.2, 0) is 32.8 Å². The zero-order valence-corrected chi connectivity index (χ0v) is 22.6. The van der Waals surface area contributed by atoms with Crippen LogP contribution in [0, 0.1) is 0 Å². The summed E-state index contributed by atoms with van der Waals surface area (Å²) in [5, 5.41) is 3.14. The molecule has 0 spiro atoms. The van der Waals surface area contributed by atoms with Crippen LogP contribution in [0.3, 0.4) is 0 Å². The number of para-hydroxylation sites is 1. The lowest BCUT2D eigenvalue weighted by Gasteiger charge is -2.34. The van der Waals surface area contributed by atoms with Crippen LogP contribution >= 0.6 is 11.6 Å². The predicted molar refractivity (Wildman–Crippen MR) is 146 cm³/mol. The molecule has 196 valence electrons. The summed E-state index contributed by atoms with van der Waals surface area (Å²) in [5.41, 5.74) is 1.91. The van der Waals surface area contributed by atoms with Crippen LogP contribution in [0.25, 0.3) is 0 Å². The molecule has 0 aliphatic carbocycles. The molecule has 0 radical (unpaired) electrons. The molecule has 2 amide bonds. The van der Waals surface area contributed by atoms with Gasteiger partial charge in [0.15, 0.2) is 0 Å². The molecule has 0 heterocycles. The molecular formula is C27H31ClN4O4S. The zero-order chi connectivity index (χ0) is 27.0. The molecule has 37 heavy (non-hydrogen) atoms. The summed E-state index contributed by atoms with van der Waals surface area (Å²) in [6, 6.07) is 23.9. The number of nitrogens with zero attached hydrogens (tertiary/aromatic N) is 3. The second-order valence-corrected chi connectivity index (χ2v) is 11.1. The van der Waals surface area contributed by atoms with E-state index in [2.05, 4.69) is 5.32 Å². The highest BCUT2D eigenvalue weighted by molar-refractivity contribution is 7.90. The zero-order valence-electron chi connectivity index (χ0n) is 21.0. The number of hydrogen-bond donors (Lipinski definition) is 1. The largest absolute Gasteiger partial charge is 0.357 e. The molecule has 8 nitrogen and oxygen atoms in total. The second kappa shape index (κ2) is 12.7. The average molecular weight is 543 g/mol. The Morgan fingerprint density at radius 2 is 1.49 bits per heavy atom. The molecule has 10 heteroatoms. The third kappa shape index (κ3) is 7.31. The number of halogens is 1. The monoisotopic (exact) mass is 542 g/mol. The number of carbonyl (C=O) groups excluding carboxylic acids is 2. The Morgan fingerprint density at radius 1 is 0.892 bits per heavy atom. The van der Waals surface area contributed by atoms with Crippen molar-refractivity contribution in [3.63, 3.8) is 0 Å². The summed E-state index contributed by atoms with van der Waals surface area (Å²) in [6.07, 6.45) is 0.249. The van der Waals surface area contributed by atoms with E-state index in [9.17, 15) is 18.0 Å². The fourth-order valence-corrected chi connectivity index (χ4v) is 5.13. The van der Waals surface area contributed by atoms with Crippen LogP contribution in [0.4, 0.5) is 5.69 Å². The molecule has 3 rings (SSSR count). The maximum Gasteiger partial charge on any atom is 0.304 e. The minimum absolute atomic E-state index is 0.0644. The van der Waals surface area contributed by atoms with Gasteiger partial charge in [-0.25, -0.2) is 4.31 Å². The van der Waals surface area contributed by atoms with Gasteiger partial charge >= 0.3 is 10.2 Å². The molecule has 1 unspecified atom stereocenters. The highest BCUT2D eigenvalue weighted by Gasteiger charge is 2.34. The summed E-state index contributed by atoms with van der Waals surface area (Å²) < 4.78 is 28.6. The van der Waals surface area contributed by atoms with E-state index in [4.69, 9.17) is 11.6 Å². The molecule has 1 N–H and O–H groups in total. The first-order valence-electron chi connectivity index (χ1n) is 11.7. The Bertz CT molecular complexity index is 1300. The van der Waals surface area contributed by atoms with Crippen molar-refractivity contribution in [3.8, 4) is 0 Å². The van der Waals surface area contributed by atoms with E-state index >= 15 is 0 Å². The second-order valence-electron chi connectivity index (χ2n) is 8.60. The number of rotatable bonds is 11. The van der Waals surface area contributed by atoms with Gasteiger partial charge in [-0.15, -0.1) is 0 Å². The molecule has 0 saturated carbocycles. The average Bonchev–Trinajstić information content (AvgIpc) is 2.89. The first kappa shape index (κ1) is 28.2. The van der Waals surface area contributed by atoms with Gasteiger partial charge in [0.2, 0.25) is 11.8 Å². The van der Waals surface area contributed by atoms with E-state index < -0.39 is 28.7 Å². The van der Waals surface area contributed by atoms with Crippen molar-refractivity contribution in [1.82, 2.24) is 14.5 Å². The molecular weight excluding hydrogens is 512 g/mol. The van der Waals surface area contributed by atoms with Gasteiger partial charge in [0.05, 0.1) is 5.69 Å². The normalized spacial score (nSPS) is 12.1. The Hall–Kier alpha value is -3.40. The van der Waals surface area contributed by atoms with Crippen molar-refractivity contribution in [2.24, 2.45) is 0 Å². The molecule has 0 aromatic heterocycles. The quantitative estimate of drug-likeness (QED) is 0.402.